The van der Waals surface area contributed by atoms with Crippen molar-refractivity contribution in [2.24, 2.45) is 0 Å². The van der Waals surface area contributed by atoms with Crippen LogP contribution in [0, 0.1) is 20.8 Å². The smallest absolute Gasteiger partial charge is 0.225 e. The van der Waals surface area contributed by atoms with Crippen LogP contribution < -0.4 is 4.90 Å². The number of hydrogen-bond acceptors (Lipinski definition) is 5. The molecule has 0 amide bonds. The highest BCUT2D eigenvalue weighted by Crippen LogP contribution is 2.31. The monoisotopic (exact) mass is 288 g/mol. The van der Waals surface area contributed by atoms with Gasteiger partial charge < -0.3 is 4.90 Å². The summed E-state index contributed by atoms with van der Waals surface area (Å²) < 4.78 is 0. The Labute approximate surface area is 123 Å². The summed E-state index contributed by atoms with van der Waals surface area (Å²) in [6, 6.07) is 2.02. The van der Waals surface area contributed by atoms with E-state index in [1.54, 1.807) is 0 Å². The summed E-state index contributed by atoms with van der Waals surface area (Å²) in [6.45, 7) is 8.21. The van der Waals surface area contributed by atoms with Gasteiger partial charge in [-0.15, -0.1) is 11.3 Å². The number of rotatable bonds is 2. The van der Waals surface area contributed by atoms with E-state index < -0.39 is 0 Å². The molecule has 0 saturated carbocycles. The minimum absolute atomic E-state index is 0.520. The number of nitrogens with zero attached hydrogens (tertiary/aromatic N) is 4. The first kappa shape index (κ1) is 13.5. The number of anilines is 1. The van der Waals surface area contributed by atoms with Gasteiger partial charge in [-0.2, -0.15) is 0 Å². The van der Waals surface area contributed by atoms with E-state index in [0.717, 1.165) is 30.4 Å². The maximum absolute atomic E-state index is 4.59. The molecular formula is C15H20N4S. The molecule has 5 heteroatoms. The van der Waals surface area contributed by atoms with Crippen LogP contribution in [0.3, 0.4) is 0 Å². The molecule has 1 aliphatic rings. The van der Waals surface area contributed by atoms with E-state index in [2.05, 4.69) is 26.8 Å². The van der Waals surface area contributed by atoms with Crippen molar-refractivity contribution >= 4 is 17.3 Å². The fraction of sp³-hybridized carbons (Fsp3) is 0.533. The van der Waals surface area contributed by atoms with Crippen LogP contribution in [0.2, 0.25) is 0 Å². The number of piperidine rings is 1. The average molecular weight is 288 g/mol. The number of hydrogen-bond donors (Lipinski definition) is 0. The van der Waals surface area contributed by atoms with Gasteiger partial charge in [0.2, 0.25) is 5.95 Å². The van der Waals surface area contributed by atoms with Gasteiger partial charge in [0.1, 0.15) is 0 Å². The lowest BCUT2D eigenvalue weighted by Gasteiger charge is -2.32. The zero-order chi connectivity index (χ0) is 14.1. The highest BCUT2D eigenvalue weighted by atomic mass is 32.1. The molecule has 0 unspecified atom stereocenters. The normalized spacial score (nSPS) is 19.4. The molecule has 3 rings (SSSR count). The van der Waals surface area contributed by atoms with Gasteiger partial charge in [-0.1, -0.05) is 0 Å². The Morgan fingerprint density at radius 3 is 2.60 bits per heavy atom. The van der Waals surface area contributed by atoms with Gasteiger partial charge in [-0.05, 0) is 39.7 Å². The molecule has 0 N–H and O–H groups in total. The summed E-state index contributed by atoms with van der Waals surface area (Å²) in [5.74, 6) is 1.40. The Balaban J connectivity index is 1.81. The molecule has 1 saturated heterocycles. The van der Waals surface area contributed by atoms with Crippen LogP contribution in [0.1, 0.15) is 40.0 Å². The minimum atomic E-state index is 0.520. The Morgan fingerprint density at radius 1 is 1.20 bits per heavy atom. The lowest BCUT2D eigenvalue weighted by molar-refractivity contribution is 0.501. The Hall–Kier alpha value is -1.49. The maximum atomic E-state index is 4.59. The third-order valence-electron chi connectivity index (χ3n) is 3.66. The SMILES string of the molecule is Cc1cc(C)nc(N2CCC[C@H](c3ncc(C)s3)C2)n1. The largest absolute Gasteiger partial charge is 0.340 e. The Kier molecular flexibility index (Phi) is 3.70. The highest BCUT2D eigenvalue weighted by molar-refractivity contribution is 7.11. The van der Waals surface area contributed by atoms with Crippen molar-refractivity contribution in [2.75, 3.05) is 18.0 Å². The van der Waals surface area contributed by atoms with Crippen molar-refractivity contribution in [3.8, 4) is 0 Å². The van der Waals surface area contributed by atoms with E-state index in [9.17, 15) is 0 Å². The van der Waals surface area contributed by atoms with Gasteiger partial charge in [0.25, 0.3) is 0 Å². The molecule has 0 aromatic carbocycles. The molecule has 2 aromatic heterocycles. The summed E-state index contributed by atoms with van der Waals surface area (Å²) in [4.78, 5) is 17.3. The zero-order valence-corrected chi connectivity index (χ0v) is 13.1. The second-order valence-electron chi connectivity index (χ2n) is 5.55. The minimum Gasteiger partial charge on any atom is -0.340 e. The van der Waals surface area contributed by atoms with Gasteiger partial charge in [-0.3, -0.25) is 0 Å². The van der Waals surface area contributed by atoms with Crippen LogP contribution in [0.4, 0.5) is 5.95 Å². The molecule has 1 fully saturated rings. The number of aryl methyl sites for hydroxylation is 3. The first-order chi connectivity index (χ1) is 9.61. The first-order valence-electron chi connectivity index (χ1n) is 7.11. The molecule has 106 valence electrons. The quantitative estimate of drug-likeness (QED) is 0.850. The van der Waals surface area contributed by atoms with Crippen LogP contribution in [0.25, 0.3) is 0 Å². The average Bonchev–Trinajstić information content (AvgIpc) is 2.85. The molecule has 0 radical (unpaired) electrons. The van der Waals surface area contributed by atoms with Crippen LogP contribution in [0.5, 0.6) is 0 Å². The molecule has 0 bridgehead atoms. The van der Waals surface area contributed by atoms with Crippen molar-refractivity contribution < 1.29 is 0 Å². The maximum Gasteiger partial charge on any atom is 0.225 e. The lowest BCUT2D eigenvalue weighted by Crippen LogP contribution is -2.35. The molecular weight excluding hydrogens is 268 g/mol. The first-order valence-corrected chi connectivity index (χ1v) is 7.93. The summed E-state index contributed by atoms with van der Waals surface area (Å²) >= 11 is 1.82. The van der Waals surface area contributed by atoms with E-state index >= 15 is 0 Å². The van der Waals surface area contributed by atoms with Crippen molar-refractivity contribution in [3.63, 3.8) is 0 Å². The zero-order valence-electron chi connectivity index (χ0n) is 12.3. The second kappa shape index (κ2) is 5.48. The molecule has 3 heterocycles. The summed E-state index contributed by atoms with van der Waals surface area (Å²) in [5, 5.41) is 1.26. The summed E-state index contributed by atoms with van der Waals surface area (Å²) in [5.41, 5.74) is 2.08. The van der Waals surface area contributed by atoms with Crippen LogP contribution in [0.15, 0.2) is 12.3 Å². The third-order valence-corrected chi connectivity index (χ3v) is 4.74. The summed E-state index contributed by atoms with van der Waals surface area (Å²) in [7, 11) is 0. The molecule has 0 aliphatic carbocycles. The van der Waals surface area contributed by atoms with Crippen molar-refractivity contribution in [1.29, 1.82) is 0 Å². The topological polar surface area (TPSA) is 41.9 Å². The fourth-order valence-corrected chi connectivity index (χ4v) is 3.67. The van der Waals surface area contributed by atoms with E-state index in [1.807, 2.05) is 37.4 Å². The van der Waals surface area contributed by atoms with Crippen molar-refractivity contribution in [3.05, 3.63) is 33.5 Å². The lowest BCUT2D eigenvalue weighted by atomic mass is 9.99. The van der Waals surface area contributed by atoms with Gasteiger partial charge in [0.15, 0.2) is 0 Å². The highest BCUT2D eigenvalue weighted by Gasteiger charge is 2.25. The van der Waals surface area contributed by atoms with Crippen molar-refractivity contribution in [2.45, 2.75) is 39.5 Å². The van der Waals surface area contributed by atoms with Gasteiger partial charge in [0.05, 0.1) is 5.01 Å². The molecule has 2 aromatic rings. The van der Waals surface area contributed by atoms with Gasteiger partial charge in [0, 0.05) is 41.5 Å². The summed E-state index contributed by atoms with van der Waals surface area (Å²) in [6.07, 6.45) is 4.38. The number of aromatic nitrogens is 3. The molecule has 1 atom stereocenters. The van der Waals surface area contributed by atoms with Crippen molar-refractivity contribution in [1.82, 2.24) is 15.0 Å². The molecule has 1 aliphatic heterocycles. The predicted octanol–water partition coefficient (Wildman–Crippen LogP) is 3.24. The molecule has 20 heavy (non-hydrogen) atoms. The van der Waals surface area contributed by atoms with E-state index in [4.69, 9.17) is 0 Å². The number of thiazole rings is 1. The van der Waals surface area contributed by atoms with E-state index in [0.29, 0.717) is 5.92 Å². The molecule has 0 spiro atoms. The van der Waals surface area contributed by atoms with E-state index in [1.165, 1.54) is 22.7 Å². The van der Waals surface area contributed by atoms with E-state index in [-0.39, 0.29) is 0 Å². The Morgan fingerprint density at radius 2 is 1.95 bits per heavy atom. The third kappa shape index (κ3) is 2.82. The fourth-order valence-electron chi connectivity index (χ4n) is 2.77. The van der Waals surface area contributed by atoms with Crippen LogP contribution >= 0.6 is 11.3 Å². The Bertz CT molecular complexity index is 587. The predicted molar refractivity (Wildman–Crippen MR) is 82.5 cm³/mol. The molecule has 4 nitrogen and oxygen atoms in total. The standard InChI is InChI=1S/C15H20N4S/c1-10-7-11(2)18-15(17-10)19-6-4-5-13(9-19)14-16-8-12(3)20-14/h7-8,13H,4-6,9H2,1-3H3/t13-/m0/s1. The van der Waals surface area contributed by atoms with Gasteiger partial charge in [-0.25, -0.2) is 15.0 Å². The van der Waals surface area contributed by atoms with Crippen LogP contribution in [-0.4, -0.2) is 28.0 Å². The van der Waals surface area contributed by atoms with Crippen LogP contribution in [-0.2, 0) is 0 Å². The van der Waals surface area contributed by atoms with Gasteiger partial charge >= 0.3 is 0 Å². The second-order valence-corrected chi connectivity index (χ2v) is 6.81.